The molecule has 2 rings (SSSR count). The van der Waals surface area contributed by atoms with Crippen molar-refractivity contribution in [3.8, 4) is 0 Å². The Bertz CT molecular complexity index is 530. The first-order chi connectivity index (χ1) is 7.06. The van der Waals surface area contributed by atoms with Crippen molar-refractivity contribution in [2.24, 2.45) is 0 Å². The molecule has 5 heteroatoms. The van der Waals surface area contributed by atoms with E-state index in [2.05, 4.69) is 5.09 Å². The lowest BCUT2D eigenvalue weighted by molar-refractivity contribution is 0.365. The normalized spacial score (nSPS) is 11.6. The van der Waals surface area contributed by atoms with E-state index in [1.54, 1.807) is 24.3 Å². The van der Waals surface area contributed by atoms with Gasteiger partial charge < -0.3 is 9.79 Å². The zero-order chi connectivity index (χ0) is 10.9. The van der Waals surface area contributed by atoms with E-state index in [9.17, 15) is 4.57 Å². The van der Waals surface area contributed by atoms with Crippen LogP contribution in [-0.2, 0) is 4.57 Å². The highest BCUT2D eigenvalue weighted by Crippen LogP contribution is 2.38. The van der Waals surface area contributed by atoms with Crippen LogP contribution in [0.25, 0.3) is 10.8 Å². The third kappa shape index (κ3) is 2.36. The summed E-state index contributed by atoms with van der Waals surface area (Å²) in [6, 6.07) is 12.5. The summed E-state index contributed by atoms with van der Waals surface area (Å²) in [7, 11) is -4.37. The summed E-state index contributed by atoms with van der Waals surface area (Å²) >= 11 is 0. The second kappa shape index (κ2) is 3.66. The van der Waals surface area contributed by atoms with Crippen molar-refractivity contribution in [3.63, 3.8) is 0 Å². The number of benzene rings is 2. The van der Waals surface area contributed by atoms with Gasteiger partial charge in [0.25, 0.3) is 0 Å². The lowest BCUT2D eigenvalue weighted by atomic mass is 10.1. The van der Waals surface area contributed by atoms with E-state index in [0.29, 0.717) is 5.69 Å². The predicted octanol–water partition coefficient (Wildman–Crippen LogP) is 2.17. The maximum absolute atomic E-state index is 10.8. The van der Waals surface area contributed by atoms with Crippen LogP contribution in [0.2, 0.25) is 0 Å². The quantitative estimate of drug-likeness (QED) is 0.765. The van der Waals surface area contributed by atoms with E-state index >= 15 is 0 Å². The first-order valence-corrected chi connectivity index (χ1v) is 5.89. The zero-order valence-electron chi connectivity index (χ0n) is 7.74. The van der Waals surface area contributed by atoms with Gasteiger partial charge in [-0.25, -0.2) is 4.57 Å². The van der Waals surface area contributed by atoms with Gasteiger partial charge in [-0.3, -0.25) is 0 Å². The lowest BCUT2D eigenvalue weighted by Crippen LogP contribution is -1.93. The van der Waals surface area contributed by atoms with Crippen LogP contribution in [0, 0.1) is 0 Å². The van der Waals surface area contributed by atoms with Gasteiger partial charge in [-0.15, -0.1) is 0 Å². The van der Waals surface area contributed by atoms with Gasteiger partial charge in [-0.1, -0.05) is 36.4 Å². The van der Waals surface area contributed by atoms with E-state index < -0.39 is 7.75 Å². The number of nitrogens with zero attached hydrogens (tertiary/aromatic N) is 1. The summed E-state index contributed by atoms with van der Waals surface area (Å²) in [5.41, 5.74) is 0.321. The molecule has 0 aliphatic heterocycles. The Kier molecular flexibility index (Phi) is 2.49. The van der Waals surface area contributed by atoms with Crippen molar-refractivity contribution in [3.05, 3.63) is 42.5 Å². The molecule has 2 aromatic carbocycles. The Morgan fingerprint density at radius 1 is 1.00 bits per heavy atom. The van der Waals surface area contributed by atoms with Crippen LogP contribution in [-0.4, -0.2) is 9.79 Å². The van der Waals surface area contributed by atoms with E-state index in [0.717, 1.165) is 10.8 Å². The topological polar surface area (TPSA) is 71.6 Å². The monoisotopic (exact) mass is 222 g/mol. The maximum atomic E-state index is 10.8. The SMILES string of the molecule is O=P(O)(O)[N]c1cccc2ccccc12. The summed E-state index contributed by atoms with van der Waals surface area (Å²) in [5.74, 6) is 0. The molecule has 15 heavy (non-hydrogen) atoms. The summed E-state index contributed by atoms with van der Waals surface area (Å²) in [6.07, 6.45) is 0. The van der Waals surface area contributed by atoms with E-state index in [1.165, 1.54) is 0 Å². The molecule has 4 nitrogen and oxygen atoms in total. The molecule has 77 valence electrons. The minimum Gasteiger partial charge on any atom is -0.307 e. The molecule has 0 amide bonds. The number of hydrogen-bond acceptors (Lipinski definition) is 1. The third-order valence-electron chi connectivity index (χ3n) is 2.00. The fraction of sp³-hybridized carbons (Fsp3) is 0. The van der Waals surface area contributed by atoms with E-state index in [-0.39, 0.29) is 0 Å². The van der Waals surface area contributed by atoms with Crippen LogP contribution in [0.15, 0.2) is 42.5 Å². The molecule has 0 aliphatic rings. The summed E-state index contributed by atoms with van der Waals surface area (Å²) in [5, 5.41) is 5.03. The fourth-order valence-corrected chi connectivity index (χ4v) is 1.89. The Balaban J connectivity index is 2.56. The molecule has 0 saturated carbocycles. The molecular weight excluding hydrogens is 213 g/mol. The lowest BCUT2D eigenvalue weighted by Gasteiger charge is -2.07. The number of rotatable bonds is 2. The summed E-state index contributed by atoms with van der Waals surface area (Å²) < 4.78 is 10.8. The largest absolute Gasteiger partial charge is 0.449 e. The van der Waals surface area contributed by atoms with Gasteiger partial charge in [0.05, 0.1) is 5.69 Å². The van der Waals surface area contributed by atoms with Gasteiger partial charge in [0.15, 0.2) is 0 Å². The van der Waals surface area contributed by atoms with Crippen molar-refractivity contribution in [1.29, 1.82) is 0 Å². The molecule has 1 radical (unpaired) electrons. The van der Waals surface area contributed by atoms with Crippen molar-refractivity contribution in [1.82, 2.24) is 5.09 Å². The van der Waals surface area contributed by atoms with Gasteiger partial charge in [-0.05, 0) is 11.5 Å². The van der Waals surface area contributed by atoms with Gasteiger partial charge in [0.1, 0.15) is 0 Å². The van der Waals surface area contributed by atoms with Crippen molar-refractivity contribution in [2.45, 2.75) is 0 Å². The fourth-order valence-electron chi connectivity index (χ4n) is 1.44. The average molecular weight is 222 g/mol. The minimum absolute atomic E-state index is 0.321. The Morgan fingerprint density at radius 3 is 2.40 bits per heavy atom. The van der Waals surface area contributed by atoms with Gasteiger partial charge >= 0.3 is 7.75 Å². The smallest absolute Gasteiger partial charge is 0.307 e. The minimum atomic E-state index is -4.37. The van der Waals surface area contributed by atoms with Crippen LogP contribution in [0.3, 0.4) is 0 Å². The highest BCUT2D eigenvalue weighted by molar-refractivity contribution is 7.49. The second-order valence-electron chi connectivity index (χ2n) is 3.11. The van der Waals surface area contributed by atoms with Gasteiger partial charge in [0.2, 0.25) is 0 Å². The summed E-state index contributed by atoms with van der Waals surface area (Å²) in [4.78, 5) is 17.5. The first-order valence-electron chi connectivity index (χ1n) is 4.33. The second-order valence-corrected chi connectivity index (χ2v) is 4.34. The Labute approximate surface area is 86.8 Å². The Hall–Kier alpha value is -1.35. The summed E-state index contributed by atoms with van der Waals surface area (Å²) in [6.45, 7) is 0. The van der Waals surface area contributed by atoms with Crippen molar-refractivity contribution < 1.29 is 14.4 Å². The van der Waals surface area contributed by atoms with Gasteiger partial charge in [-0.2, -0.15) is 5.09 Å². The molecule has 0 spiro atoms. The van der Waals surface area contributed by atoms with E-state index in [1.807, 2.05) is 18.2 Å². The first kappa shape index (κ1) is 10.2. The molecule has 2 aromatic rings. The van der Waals surface area contributed by atoms with Crippen LogP contribution in [0.1, 0.15) is 0 Å². The number of fused-ring (bicyclic) bond motifs is 1. The molecular formula is C10H9NO3P. The molecule has 0 fully saturated rings. The molecule has 0 aromatic heterocycles. The highest BCUT2D eigenvalue weighted by atomic mass is 31.2. The molecule has 0 unspecified atom stereocenters. The van der Waals surface area contributed by atoms with Crippen molar-refractivity contribution in [2.75, 3.05) is 0 Å². The average Bonchev–Trinajstić information content (AvgIpc) is 2.16. The highest BCUT2D eigenvalue weighted by Gasteiger charge is 2.16. The molecule has 2 N–H and O–H groups in total. The molecule has 0 saturated heterocycles. The van der Waals surface area contributed by atoms with Crippen LogP contribution in [0.4, 0.5) is 5.69 Å². The molecule has 0 aliphatic carbocycles. The van der Waals surface area contributed by atoms with Crippen molar-refractivity contribution >= 4 is 24.2 Å². The number of hydrogen-bond donors (Lipinski definition) is 2. The van der Waals surface area contributed by atoms with Crippen LogP contribution in [0.5, 0.6) is 0 Å². The van der Waals surface area contributed by atoms with Crippen LogP contribution >= 0.6 is 7.75 Å². The molecule has 0 atom stereocenters. The standard InChI is InChI=1S/C10H9NO3P/c12-15(13,14)11-10-7-3-5-8-4-1-2-6-9(8)10/h1-7H,(H2,12,13,14). The third-order valence-corrected chi connectivity index (χ3v) is 2.48. The van der Waals surface area contributed by atoms with Crippen LogP contribution < -0.4 is 5.09 Å². The predicted molar refractivity (Wildman–Crippen MR) is 57.8 cm³/mol. The Morgan fingerprint density at radius 2 is 1.67 bits per heavy atom. The van der Waals surface area contributed by atoms with E-state index in [4.69, 9.17) is 9.79 Å². The molecule has 0 heterocycles. The maximum Gasteiger partial charge on any atom is 0.449 e. The zero-order valence-corrected chi connectivity index (χ0v) is 8.63. The molecule has 0 bridgehead atoms. The van der Waals surface area contributed by atoms with Gasteiger partial charge in [0, 0.05) is 5.39 Å².